The number of hydrogen-bond acceptors (Lipinski definition) is 8. The third-order valence-corrected chi connectivity index (χ3v) is 8.14. The maximum absolute atomic E-state index is 14.1. The zero-order chi connectivity index (χ0) is 22.1. The van der Waals surface area contributed by atoms with E-state index in [9.17, 15) is 4.39 Å². The highest BCUT2D eigenvalue weighted by Gasteiger charge is 2.24. The van der Waals surface area contributed by atoms with Crippen LogP contribution >= 0.6 is 23.1 Å². The van der Waals surface area contributed by atoms with E-state index in [1.165, 1.54) is 31.4 Å². The van der Waals surface area contributed by atoms with Crippen LogP contribution in [0.15, 0.2) is 46.9 Å². The number of aliphatic hydroxyl groups excluding tert-OH is 1. The molecule has 0 spiro atoms. The largest absolute Gasteiger partial charge is 0.397 e. The Morgan fingerprint density at radius 1 is 1.19 bits per heavy atom. The van der Waals surface area contributed by atoms with Crippen molar-refractivity contribution in [2.75, 3.05) is 24.2 Å². The van der Waals surface area contributed by atoms with Crippen LogP contribution in [0.5, 0.6) is 0 Å². The molecule has 0 radical (unpaired) electrons. The molecule has 32 heavy (non-hydrogen) atoms. The van der Waals surface area contributed by atoms with Gasteiger partial charge in [0.2, 0.25) is 5.95 Å². The first-order valence-corrected chi connectivity index (χ1v) is 12.1. The Bertz CT molecular complexity index is 1260. The summed E-state index contributed by atoms with van der Waals surface area (Å²) in [5.74, 6) is 0.142. The number of nitrogens with zero attached hydrogens (tertiary/aromatic N) is 3. The number of benzene rings is 1. The summed E-state index contributed by atoms with van der Waals surface area (Å²) in [6.07, 6.45) is 7.07. The van der Waals surface area contributed by atoms with Crippen LogP contribution in [0.25, 0.3) is 32.6 Å². The second-order valence-corrected chi connectivity index (χ2v) is 10.2. The standard InChI is InChI=1S/C23H22FN5OS2/c24-15-4-1-3-13(9-15)17-10-18(14-11-27-23(28-12-14)26-7-8-30)29-21-19(17)20(25)22(32-21)31-16-5-2-6-16/h1,3-4,9-12,16,30H,2,5-8,25H2,(H,26,27,28). The molecule has 9 heteroatoms. The van der Waals surface area contributed by atoms with E-state index in [1.54, 1.807) is 29.8 Å². The number of pyridine rings is 1. The fraction of sp³-hybridized carbons (Fsp3) is 0.261. The van der Waals surface area contributed by atoms with Gasteiger partial charge in [0.25, 0.3) is 0 Å². The van der Waals surface area contributed by atoms with E-state index in [0.717, 1.165) is 36.8 Å². The molecule has 1 saturated carbocycles. The number of halogens is 1. The van der Waals surface area contributed by atoms with Crippen LogP contribution < -0.4 is 11.1 Å². The molecular weight excluding hydrogens is 445 g/mol. The smallest absolute Gasteiger partial charge is 0.222 e. The van der Waals surface area contributed by atoms with Gasteiger partial charge >= 0.3 is 0 Å². The molecule has 4 aromatic rings. The van der Waals surface area contributed by atoms with Crippen molar-refractivity contribution in [2.24, 2.45) is 0 Å². The molecule has 0 atom stereocenters. The number of aromatic nitrogens is 3. The minimum Gasteiger partial charge on any atom is -0.397 e. The summed E-state index contributed by atoms with van der Waals surface area (Å²) >= 11 is 3.42. The van der Waals surface area contributed by atoms with Crippen LogP contribution in [0, 0.1) is 5.82 Å². The van der Waals surface area contributed by atoms with Crippen LogP contribution in [-0.4, -0.2) is 38.5 Å². The summed E-state index contributed by atoms with van der Waals surface area (Å²) in [6, 6.07) is 8.47. The first kappa shape index (κ1) is 21.1. The summed E-state index contributed by atoms with van der Waals surface area (Å²) < 4.78 is 15.1. The van der Waals surface area contributed by atoms with Crippen molar-refractivity contribution in [3.8, 4) is 22.4 Å². The van der Waals surface area contributed by atoms with Gasteiger partial charge in [-0.15, -0.1) is 23.1 Å². The van der Waals surface area contributed by atoms with Crippen LogP contribution in [-0.2, 0) is 0 Å². The third-order valence-electron chi connectivity index (χ3n) is 5.47. The quantitative estimate of drug-likeness (QED) is 0.344. The van der Waals surface area contributed by atoms with Crippen LogP contribution in [0.4, 0.5) is 16.0 Å². The van der Waals surface area contributed by atoms with Crippen molar-refractivity contribution in [3.05, 3.63) is 48.5 Å². The van der Waals surface area contributed by atoms with Gasteiger partial charge in [0.05, 0.1) is 22.2 Å². The average molecular weight is 468 g/mol. The molecule has 6 nitrogen and oxygen atoms in total. The molecule has 164 valence electrons. The summed E-state index contributed by atoms with van der Waals surface area (Å²) in [6.45, 7) is 0.379. The average Bonchev–Trinajstić information content (AvgIpc) is 3.10. The predicted octanol–water partition coefficient (Wildman–Crippen LogP) is 5.19. The number of rotatable bonds is 7. The zero-order valence-corrected chi connectivity index (χ0v) is 18.8. The zero-order valence-electron chi connectivity index (χ0n) is 17.2. The normalized spacial score (nSPS) is 13.9. The molecule has 3 heterocycles. The number of anilines is 2. The highest BCUT2D eigenvalue weighted by molar-refractivity contribution is 8.02. The lowest BCUT2D eigenvalue weighted by atomic mass is 10.00. The van der Waals surface area contributed by atoms with Crippen molar-refractivity contribution in [1.82, 2.24) is 15.0 Å². The number of hydrogen-bond donors (Lipinski definition) is 3. The molecule has 1 aliphatic carbocycles. The van der Waals surface area contributed by atoms with E-state index in [4.69, 9.17) is 15.8 Å². The van der Waals surface area contributed by atoms with Gasteiger partial charge in [-0.3, -0.25) is 0 Å². The molecule has 0 unspecified atom stereocenters. The molecule has 0 bridgehead atoms. The number of nitrogens with two attached hydrogens (primary N) is 1. The van der Waals surface area contributed by atoms with Gasteiger partial charge in [-0.2, -0.15) is 0 Å². The van der Waals surface area contributed by atoms with E-state index in [-0.39, 0.29) is 12.4 Å². The molecule has 5 rings (SSSR count). The Morgan fingerprint density at radius 3 is 2.69 bits per heavy atom. The minimum atomic E-state index is -0.297. The van der Waals surface area contributed by atoms with E-state index >= 15 is 0 Å². The van der Waals surface area contributed by atoms with Gasteiger partial charge in [0.15, 0.2) is 0 Å². The summed E-state index contributed by atoms with van der Waals surface area (Å²) in [4.78, 5) is 14.3. The van der Waals surface area contributed by atoms with Crippen LogP contribution in [0.2, 0.25) is 0 Å². The molecular formula is C23H22FN5OS2. The Kier molecular flexibility index (Phi) is 5.95. The summed E-state index contributed by atoms with van der Waals surface area (Å²) in [7, 11) is 0. The minimum absolute atomic E-state index is 0.00132. The highest BCUT2D eigenvalue weighted by Crippen LogP contribution is 2.48. The van der Waals surface area contributed by atoms with Crippen molar-refractivity contribution in [2.45, 2.75) is 28.7 Å². The number of thiophene rings is 1. The molecule has 0 aliphatic heterocycles. The molecule has 1 fully saturated rings. The maximum atomic E-state index is 14.1. The second kappa shape index (κ2) is 9.01. The highest BCUT2D eigenvalue weighted by atomic mass is 32.2. The van der Waals surface area contributed by atoms with Crippen LogP contribution in [0.1, 0.15) is 19.3 Å². The molecule has 4 N–H and O–H groups in total. The summed E-state index contributed by atoms with van der Waals surface area (Å²) in [5, 5.41) is 13.4. The van der Waals surface area contributed by atoms with Gasteiger partial charge in [-0.25, -0.2) is 19.3 Å². The van der Waals surface area contributed by atoms with Crippen molar-refractivity contribution in [1.29, 1.82) is 0 Å². The number of nitrogen functional groups attached to an aromatic ring is 1. The molecule has 0 saturated heterocycles. The molecule has 0 amide bonds. The Labute approximate surface area is 193 Å². The lowest BCUT2D eigenvalue weighted by molar-refractivity contribution is 0.311. The third kappa shape index (κ3) is 4.15. The van der Waals surface area contributed by atoms with Crippen molar-refractivity contribution < 1.29 is 9.50 Å². The van der Waals surface area contributed by atoms with E-state index in [2.05, 4.69) is 15.3 Å². The van der Waals surface area contributed by atoms with Gasteiger partial charge < -0.3 is 16.2 Å². The number of nitrogens with one attached hydrogen (secondary N) is 1. The fourth-order valence-corrected chi connectivity index (χ4v) is 6.37. The Morgan fingerprint density at radius 2 is 2.00 bits per heavy atom. The second-order valence-electron chi connectivity index (χ2n) is 7.67. The predicted molar refractivity (Wildman–Crippen MR) is 130 cm³/mol. The number of aliphatic hydroxyl groups is 1. The van der Waals surface area contributed by atoms with Gasteiger partial charge in [0.1, 0.15) is 10.6 Å². The SMILES string of the molecule is Nc1c(SC2CCC2)sc2nc(-c3cnc(NCCO)nc3)cc(-c3cccc(F)c3)c12. The van der Waals surface area contributed by atoms with Crippen molar-refractivity contribution in [3.63, 3.8) is 0 Å². The van der Waals surface area contributed by atoms with Gasteiger partial charge in [-0.05, 0) is 42.2 Å². The monoisotopic (exact) mass is 467 g/mol. The maximum Gasteiger partial charge on any atom is 0.222 e. The van der Waals surface area contributed by atoms with Crippen LogP contribution in [0.3, 0.4) is 0 Å². The molecule has 1 aliphatic rings. The molecule has 1 aromatic carbocycles. The number of fused-ring (bicyclic) bond motifs is 1. The van der Waals surface area contributed by atoms with E-state index in [0.29, 0.717) is 23.4 Å². The van der Waals surface area contributed by atoms with Gasteiger partial charge in [0, 0.05) is 35.1 Å². The lowest BCUT2D eigenvalue weighted by Gasteiger charge is -2.23. The summed E-state index contributed by atoms with van der Waals surface area (Å²) in [5.41, 5.74) is 10.4. The molecule has 3 aromatic heterocycles. The first-order valence-electron chi connectivity index (χ1n) is 10.4. The van der Waals surface area contributed by atoms with E-state index < -0.39 is 0 Å². The number of thioether (sulfide) groups is 1. The van der Waals surface area contributed by atoms with Crippen molar-refractivity contribution >= 4 is 45.0 Å². The Hall–Kier alpha value is -2.75. The topological polar surface area (TPSA) is 97.0 Å². The fourth-order valence-electron chi connectivity index (χ4n) is 3.58. The lowest BCUT2D eigenvalue weighted by Crippen LogP contribution is -2.12. The first-order chi connectivity index (χ1) is 15.6. The van der Waals surface area contributed by atoms with E-state index in [1.807, 2.05) is 23.9 Å². The Balaban J connectivity index is 1.62. The van der Waals surface area contributed by atoms with Gasteiger partial charge in [-0.1, -0.05) is 18.6 Å².